The molecule has 2 aromatic rings. The number of carbonyl (C=O) groups excluding carboxylic acids is 1. The standard InChI is InChI=1S/C21H22N2O5/c1-27-19-9-10-20(28-2)16(13-19)14-22(17-7-8-17)21(24)11-6-15-4-3-5-18(12-15)23(25)26/h3-6,9-13,17H,7-8,14H2,1-2H3/b11-6+. The quantitative estimate of drug-likeness (QED) is 0.394. The van der Waals surface area contributed by atoms with Crippen LogP contribution >= 0.6 is 0 Å². The Balaban J connectivity index is 1.78. The number of nitro groups is 1. The SMILES string of the molecule is COc1ccc(OC)c(CN(C(=O)/C=C/c2cccc([N+](=O)[O-])c2)C2CC2)c1. The highest BCUT2D eigenvalue weighted by molar-refractivity contribution is 5.92. The van der Waals surface area contributed by atoms with E-state index in [1.807, 2.05) is 18.2 Å². The summed E-state index contributed by atoms with van der Waals surface area (Å²) >= 11 is 0. The fraction of sp³-hybridized carbons (Fsp3) is 0.286. The summed E-state index contributed by atoms with van der Waals surface area (Å²) in [6, 6.07) is 11.9. The number of nitro benzene ring substituents is 1. The van der Waals surface area contributed by atoms with Crippen LogP contribution in [0.4, 0.5) is 5.69 Å². The van der Waals surface area contributed by atoms with Gasteiger partial charge in [-0.25, -0.2) is 0 Å². The first-order chi connectivity index (χ1) is 13.5. The van der Waals surface area contributed by atoms with Crippen LogP contribution in [-0.2, 0) is 11.3 Å². The number of nitrogens with zero attached hydrogens (tertiary/aromatic N) is 2. The van der Waals surface area contributed by atoms with Gasteiger partial charge in [0.1, 0.15) is 11.5 Å². The Morgan fingerprint density at radius 2 is 2.00 bits per heavy atom. The second-order valence-corrected chi connectivity index (χ2v) is 6.56. The molecule has 0 aliphatic heterocycles. The molecular weight excluding hydrogens is 360 g/mol. The Morgan fingerprint density at radius 1 is 1.21 bits per heavy atom. The van der Waals surface area contributed by atoms with E-state index in [4.69, 9.17) is 9.47 Å². The molecule has 7 heteroatoms. The van der Waals surface area contributed by atoms with Gasteiger partial charge in [0.15, 0.2) is 0 Å². The minimum atomic E-state index is -0.454. The predicted molar refractivity (Wildman–Crippen MR) is 105 cm³/mol. The van der Waals surface area contributed by atoms with E-state index in [-0.39, 0.29) is 17.6 Å². The third-order valence-corrected chi connectivity index (χ3v) is 4.60. The average molecular weight is 382 g/mol. The summed E-state index contributed by atoms with van der Waals surface area (Å²) in [6.07, 6.45) is 4.99. The molecule has 0 aromatic heterocycles. The molecule has 0 unspecified atom stereocenters. The van der Waals surface area contributed by atoms with Crippen LogP contribution in [0.1, 0.15) is 24.0 Å². The van der Waals surface area contributed by atoms with E-state index in [1.54, 1.807) is 37.3 Å². The molecule has 1 saturated carbocycles. The van der Waals surface area contributed by atoms with Crippen molar-refractivity contribution >= 4 is 17.7 Å². The number of methoxy groups -OCH3 is 2. The maximum Gasteiger partial charge on any atom is 0.270 e. The van der Waals surface area contributed by atoms with Gasteiger partial charge < -0.3 is 14.4 Å². The van der Waals surface area contributed by atoms with Crippen LogP contribution in [0.3, 0.4) is 0 Å². The highest BCUT2D eigenvalue weighted by Crippen LogP contribution is 2.32. The molecule has 7 nitrogen and oxygen atoms in total. The minimum absolute atomic E-state index is 0.00485. The van der Waals surface area contributed by atoms with Gasteiger partial charge in [-0.15, -0.1) is 0 Å². The molecule has 0 bridgehead atoms. The van der Waals surface area contributed by atoms with Gasteiger partial charge in [-0.2, -0.15) is 0 Å². The molecule has 0 spiro atoms. The summed E-state index contributed by atoms with van der Waals surface area (Å²) in [6.45, 7) is 0.406. The molecule has 0 saturated heterocycles. The van der Waals surface area contributed by atoms with Crippen molar-refractivity contribution in [3.8, 4) is 11.5 Å². The molecule has 1 fully saturated rings. The average Bonchev–Trinajstić information content (AvgIpc) is 3.55. The van der Waals surface area contributed by atoms with E-state index in [0.29, 0.717) is 23.6 Å². The summed E-state index contributed by atoms with van der Waals surface area (Å²) in [5, 5.41) is 10.9. The van der Waals surface area contributed by atoms with Gasteiger partial charge in [0.05, 0.1) is 25.7 Å². The monoisotopic (exact) mass is 382 g/mol. The molecule has 3 rings (SSSR count). The molecule has 1 aliphatic carbocycles. The Labute approximate surface area is 163 Å². The first-order valence-electron chi connectivity index (χ1n) is 8.96. The third kappa shape index (κ3) is 4.68. The van der Waals surface area contributed by atoms with E-state index in [0.717, 1.165) is 18.4 Å². The Kier molecular flexibility index (Phi) is 5.93. The number of hydrogen-bond acceptors (Lipinski definition) is 5. The largest absolute Gasteiger partial charge is 0.497 e. The van der Waals surface area contributed by atoms with Crippen molar-refractivity contribution < 1.29 is 19.2 Å². The van der Waals surface area contributed by atoms with Crippen LogP contribution in [0.25, 0.3) is 6.08 Å². The fourth-order valence-corrected chi connectivity index (χ4v) is 2.97. The van der Waals surface area contributed by atoms with Gasteiger partial charge in [0.2, 0.25) is 5.91 Å². The number of amides is 1. The van der Waals surface area contributed by atoms with Crippen LogP contribution in [0.5, 0.6) is 11.5 Å². The molecule has 1 aliphatic rings. The topological polar surface area (TPSA) is 81.9 Å². The molecule has 146 valence electrons. The van der Waals surface area contributed by atoms with Crippen molar-refractivity contribution in [2.24, 2.45) is 0 Å². The number of carbonyl (C=O) groups is 1. The van der Waals surface area contributed by atoms with Crippen LogP contribution in [0.15, 0.2) is 48.5 Å². The Morgan fingerprint density at radius 3 is 2.64 bits per heavy atom. The van der Waals surface area contributed by atoms with Gasteiger partial charge in [-0.3, -0.25) is 14.9 Å². The van der Waals surface area contributed by atoms with Crippen molar-refractivity contribution in [1.29, 1.82) is 0 Å². The second-order valence-electron chi connectivity index (χ2n) is 6.56. The summed E-state index contributed by atoms with van der Waals surface area (Å²) in [4.78, 5) is 25.0. The summed E-state index contributed by atoms with van der Waals surface area (Å²) in [5.41, 5.74) is 1.47. The Hall–Kier alpha value is -3.35. The molecule has 0 heterocycles. The van der Waals surface area contributed by atoms with E-state index in [9.17, 15) is 14.9 Å². The molecule has 0 N–H and O–H groups in total. The number of benzene rings is 2. The van der Waals surface area contributed by atoms with Gasteiger partial charge in [-0.05, 0) is 42.7 Å². The van der Waals surface area contributed by atoms with Crippen molar-refractivity contribution in [1.82, 2.24) is 4.90 Å². The van der Waals surface area contributed by atoms with Gasteiger partial charge in [-0.1, -0.05) is 12.1 Å². The third-order valence-electron chi connectivity index (χ3n) is 4.60. The molecule has 0 atom stereocenters. The number of rotatable bonds is 8. The van der Waals surface area contributed by atoms with Gasteiger partial charge >= 0.3 is 0 Å². The molecule has 2 aromatic carbocycles. The summed E-state index contributed by atoms with van der Waals surface area (Å²) in [7, 11) is 3.19. The van der Waals surface area contributed by atoms with Crippen LogP contribution in [0, 0.1) is 10.1 Å². The lowest BCUT2D eigenvalue weighted by molar-refractivity contribution is -0.384. The lowest BCUT2D eigenvalue weighted by Crippen LogP contribution is -2.31. The van der Waals surface area contributed by atoms with Crippen molar-refractivity contribution in [2.45, 2.75) is 25.4 Å². The summed E-state index contributed by atoms with van der Waals surface area (Å²) < 4.78 is 10.7. The summed E-state index contributed by atoms with van der Waals surface area (Å²) in [5.74, 6) is 1.26. The molecule has 1 amide bonds. The lowest BCUT2D eigenvalue weighted by Gasteiger charge is -2.22. The van der Waals surface area contributed by atoms with Gasteiger partial charge in [0.25, 0.3) is 5.69 Å². The van der Waals surface area contributed by atoms with E-state index in [1.165, 1.54) is 18.2 Å². The number of non-ortho nitro benzene ring substituents is 1. The fourth-order valence-electron chi connectivity index (χ4n) is 2.97. The van der Waals surface area contributed by atoms with Crippen LogP contribution in [-0.4, -0.2) is 36.0 Å². The maximum absolute atomic E-state index is 12.8. The highest BCUT2D eigenvalue weighted by atomic mass is 16.6. The zero-order chi connectivity index (χ0) is 20.1. The highest BCUT2D eigenvalue weighted by Gasteiger charge is 2.32. The molecular formula is C21H22N2O5. The van der Waals surface area contributed by atoms with E-state index in [2.05, 4.69) is 0 Å². The lowest BCUT2D eigenvalue weighted by atomic mass is 10.1. The minimum Gasteiger partial charge on any atom is -0.497 e. The Bertz CT molecular complexity index is 905. The van der Waals surface area contributed by atoms with Crippen molar-refractivity contribution in [3.05, 3.63) is 69.8 Å². The van der Waals surface area contributed by atoms with Crippen LogP contribution in [0.2, 0.25) is 0 Å². The zero-order valence-electron chi connectivity index (χ0n) is 15.8. The van der Waals surface area contributed by atoms with Gasteiger partial charge in [0, 0.05) is 29.8 Å². The van der Waals surface area contributed by atoms with Crippen LogP contribution < -0.4 is 9.47 Å². The smallest absolute Gasteiger partial charge is 0.270 e. The first-order valence-corrected chi connectivity index (χ1v) is 8.96. The van der Waals surface area contributed by atoms with Crippen molar-refractivity contribution in [3.63, 3.8) is 0 Å². The van der Waals surface area contributed by atoms with E-state index >= 15 is 0 Å². The van der Waals surface area contributed by atoms with Crippen molar-refractivity contribution in [2.75, 3.05) is 14.2 Å². The number of ether oxygens (including phenoxy) is 2. The van der Waals surface area contributed by atoms with E-state index < -0.39 is 4.92 Å². The zero-order valence-corrected chi connectivity index (χ0v) is 15.8. The predicted octanol–water partition coefficient (Wildman–Crippen LogP) is 3.82. The normalized spacial score (nSPS) is 13.4. The molecule has 0 radical (unpaired) electrons. The number of hydrogen-bond donors (Lipinski definition) is 0. The first kappa shape index (κ1) is 19.4. The second kappa shape index (κ2) is 8.56. The molecule has 28 heavy (non-hydrogen) atoms. The maximum atomic E-state index is 12.8.